The van der Waals surface area contributed by atoms with Gasteiger partial charge in [-0.1, -0.05) is 15.9 Å². The zero-order chi connectivity index (χ0) is 12.4. The van der Waals surface area contributed by atoms with Crippen molar-refractivity contribution in [2.45, 2.75) is 25.5 Å². The predicted octanol–water partition coefficient (Wildman–Crippen LogP) is 3.27. The molecule has 0 aliphatic carbocycles. The van der Waals surface area contributed by atoms with Crippen molar-refractivity contribution in [3.63, 3.8) is 0 Å². The van der Waals surface area contributed by atoms with Crippen molar-refractivity contribution >= 4 is 15.9 Å². The molecule has 2 nitrogen and oxygen atoms in total. The largest absolute Gasteiger partial charge is 0.378 e. The van der Waals surface area contributed by atoms with Crippen LogP contribution < -0.4 is 5.32 Å². The molecule has 17 heavy (non-hydrogen) atoms. The molecule has 3 unspecified atom stereocenters. The second-order valence-electron chi connectivity index (χ2n) is 4.57. The molecule has 3 atom stereocenters. The van der Waals surface area contributed by atoms with Crippen LogP contribution in [-0.4, -0.2) is 19.8 Å². The summed E-state index contributed by atoms with van der Waals surface area (Å²) in [5, 5.41) is 3.21. The van der Waals surface area contributed by atoms with Gasteiger partial charge in [-0.15, -0.1) is 0 Å². The lowest BCUT2D eigenvalue weighted by Gasteiger charge is -2.23. The van der Waals surface area contributed by atoms with Crippen molar-refractivity contribution in [2.75, 3.05) is 13.7 Å². The predicted molar refractivity (Wildman–Crippen MR) is 69.4 cm³/mol. The Morgan fingerprint density at radius 1 is 1.53 bits per heavy atom. The van der Waals surface area contributed by atoms with Gasteiger partial charge in [-0.2, -0.15) is 0 Å². The van der Waals surface area contributed by atoms with Crippen molar-refractivity contribution in [1.29, 1.82) is 0 Å². The molecule has 1 saturated heterocycles. The standard InChI is InChI=1S/C13H17BrFNO/c1-8-5-9(7-17-8)13(16-2)11-6-10(14)3-4-12(11)15/h3-4,6,8-9,13,16H,5,7H2,1-2H3. The van der Waals surface area contributed by atoms with Crippen LogP contribution in [-0.2, 0) is 4.74 Å². The van der Waals surface area contributed by atoms with Gasteiger partial charge in [0.25, 0.3) is 0 Å². The Morgan fingerprint density at radius 3 is 2.88 bits per heavy atom. The molecule has 2 rings (SSSR count). The fourth-order valence-electron chi connectivity index (χ4n) is 2.48. The Bertz CT molecular complexity index is 399. The van der Waals surface area contributed by atoms with Gasteiger partial charge in [-0.05, 0) is 38.6 Å². The summed E-state index contributed by atoms with van der Waals surface area (Å²) in [5.41, 5.74) is 0.713. The summed E-state index contributed by atoms with van der Waals surface area (Å²) >= 11 is 3.39. The molecule has 4 heteroatoms. The van der Waals surface area contributed by atoms with Gasteiger partial charge in [0, 0.05) is 22.0 Å². The van der Waals surface area contributed by atoms with Gasteiger partial charge >= 0.3 is 0 Å². The Labute approximate surface area is 110 Å². The quantitative estimate of drug-likeness (QED) is 0.925. The lowest BCUT2D eigenvalue weighted by molar-refractivity contribution is 0.117. The Balaban J connectivity index is 2.25. The second-order valence-corrected chi connectivity index (χ2v) is 5.49. The van der Waals surface area contributed by atoms with Crippen molar-refractivity contribution < 1.29 is 9.13 Å². The Morgan fingerprint density at radius 2 is 2.29 bits per heavy atom. The van der Waals surface area contributed by atoms with Crippen LogP contribution in [0.15, 0.2) is 22.7 Å². The number of hydrogen-bond acceptors (Lipinski definition) is 2. The second kappa shape index (κ2) is 5.46. The van der Waals surface area contributed by atoms with Crippen LogP contribution in [0.2, 0.25) is 0 Å². The molecule has 0 saturated carbocycles. The van der Waals surface area contributed by atoms with E-state index in [0.717, 1.165) is 10.9 Å². The van der Waals surface area contributed by atoms with Crippen LogP contribution in [0.25, 0.3) is 0 Å². The summed E-state index contributed by atoms with van der Waals surface area (Å²) in [4.78, 5) is 0. The molecule has 94 valence electrons. The summed E-state index contributed by atoms with van der Waals surface area (Å²) < 4.78 is 20.3. The molecule has 0 radical (unpaired) electrons. The van der Waals surface area contributed by atoms with Gasteiger partial charge in [0.2, 0.25) is 0 Å². The summed E-state index contributed by atoms with van der Waals surface area (Å²) in [6.07, 6.45) is 1.24. The van der Waals surface area contributed by atoms with Crippen LogP contribution in [0.1, 0.15) is 24.9 Å². The van der Waals surface area contributed by atoms with E-state index in [1.165, 1.54) is 6.07 Å². The smallest absolute Gasteiger partial charge is 0.128 e. The maximum Gasteiger partial charge on any atom is 0.128 e. The van der Waals surface area contributed by atoms with Gasteiger partial charge in [-0.3, -0.25) is 0 Å². The summed E-state index contributed by atoms with van der Waals surface area (Å²) in [6.45, 7) is 2.75. The van der Waals surface area contributed by atoms with Gasteiger partial charge in [0.1, 0.15) is 5.82 Å². The van der Waals surface area contributed by atoms with Crippen molar-refractivity contribution in [1.82, 2.24) is 5.32 Å². The summed E-state index contributed by atoms with van der Waals surface area (Å²) in [6, 6.07) is 5.08. The fraction of sp³-hybridized carbons (Fsp3) is 0.538. The first-order valence-electron chi connectivity index (χ1n) is 5.85. The average molecular weight is 302 g/mol. The molecule has 0 aromatic heterocycles. The zero-order valence-corrected chi connectivity index (χ0v) is 11.6. The number of rotatable bonds is 3. The van der Waals surface area contributed by atoms with E-state index in [-0.39, 0.29) is 18.0 Å². The van der Waals surface area contributed by atoms with Crippen molar-refractivity contribution in [3.05, 3.63) is 34.1 Å². The highest BCUT2D eigenvalue weighted by Crippen LogP contribution is 2.33. The highest BCUT2D eigenvalue weighted by molar-refractivity contribution is 9.10. The topological polar surface area (TPSA) is 21.3 Å². The molecule has 1 aliphatic heterocycles. The Hall–Kier alpha value is -0.450. The number of nitrogens with one attached hydrogen (secondary N) is 1. The third-order valence-electron chi connectivity index (χ3n) is 3.31. The van der Waals surface area contributed by atoms with E-state index >= 15 is 0 Å². The number of hydrogen-bond donors (Lipinski definition) is 1. The van der Waals surface area contributed by atoms with Crippen molar-refractivity contribution in [2.24, 2.45) is 5.92 Å². The number of halogens is 2. The third-order valence-corrected chi connectivity index (χ3v) is 3.80. The average Bonchev–Trinajstić information content (AvgIpc) is 2.71. The molecule has 1 aliphatic rings. The number of ether oxygens (including phenoxy) is 1. The highest BCUT2D eigenvalue weighted by Gasteiger charge is 2.31. The first kappa shape index (κ1) is 13.0. The number of benzene rings is 1. The van der Waals surface area contributed by atoms with Crippen LogP contribution >= 0.6 is 15.9 Å². The van der Waals surface area contributed by atoms with E-state index in [1.54, 1.807) is 6.07 Å². The Kier molecular flexibility index (Phi) is 4.17. The fourth-order valence-corrected chi connectivity index (χ4v) is 2.86. The normalized spacial score (nSPS) is 26.1. The molecule has 1 N–H and O–H groups in total. The van der Waals surface area contributed by atoms with E-state index in [9.17, 15) is 4.39 Å². The lowest BCUT2D eigenvalue weighted by atomic mass is 9.91. The summed E-state index contributed by atoms with van der Waals surface area (Å²) in [7, 11) is 1.87. The third kappa shape index (κ3) is 2.87. The lowest BCUT2D eigenvalue weighted by Crippen LogP contribution is -2.26. The highest BCUT2D eigenvalue weighted by atomic mass is 79.9. The molecular formula is C13H17BrFNO. The van der Waals surface area contributed by atoms with Gasteiger partial charge < -0.3 is 10.1 Å². The van der Waals surface area contributed by atoms with Gasteiger partial charge in [0.15, 0.2) is 0 Å². The minimum atomic E-state index is -0.160. The molecule has 1 aromatic carbocycles. The molecule has 1 heterocycles. The monoisotopic (exact) mass is 301 g/mol. The minimum absolute atomic E-state index is 0.0115. The van der Waals surface area contributed by atoms with Crippen molar-refractivity contribution in [3.8, 4) is 0 Å². The van der Waals surface area contributed by atoms with E-state index < -0.39 is 0 Å². The first-order chi connectivity index (χ1) is 8.11. The van der Waals surface area contributed by atoms with E-state index in [2.05, 4.69) is 28.2 Å². The molecule has 0 bridgehead atoms. The molecule has 1 fully saturated rings. The molecule has 0 amide bonds. The van der Waals surface area contributed by atoms with Crippen LogP contribution in [0.5, 0.6) is 0 Å². The minimum Gasteiger partial charge on any atom is -0.378 e. The SMILES string of the molecule is CNC(c1cc(Br)ccc1F)C1COC(C)C1. The van der Waals surface area contributed by atoms with E-state index in [1.807, 2.05) is 13.1 Å². The van der Waals surface area contributed by atoms with E-state index in [0.29, 0.717) is 18.1 Å². The zero-order valence-electron chi connectivity index (χ0n) is 10.0. The maximum absolute atomic E-state index is 13.9. The van der Waals surface area contributed by atoms with Gasteiger partial charge in [0.05, 0.1) is 12.7 Å². The molecule has 1 aromatic rings. The first-order valence-corrected chi connectivity index (χ1v) is 6.65. The van der Waals surface area contributed by atoms with Crippen LogP contribution in [0.4, 0.5) is 4.39 Å². The maximum atomic E-state index is 13.9. The van der Waals surface area contributed by atoms with E-state index in [4.69, 9.17) is 4.74 Å². The van der Waals surface area contributed by atoms with Crippen LogP contribution in [0.3, 0.4) is 0 Å². The molecular weight excluding hydrogens is 285 g/mol. The van der Waals surface area contributed by atoms with Crippen LogP contribution in [0, 0.1) is 11.7 Å². The van der Waals surface area contributed by atoms with Gasteiger partial charge in [-0.25, -0.2) is 4.39 Å². The summed E-state index contributed by atoms with van der Waals surface area (Å²) in [5.74, 6) is 0.172. The molecule has 0 spiro atoms.